The lowest BCUT2D eigenvalue weighted by Crippen LogP contribution is -2.48. The Bertz CT molecular complexity index is 690. The molecule has 2 heterocycles. The van der Waals surface area contributed by atoms with E-state index < -0.39 is 35.9 Å². The summed E-state index contributed by atoms with van der Waals surface area (Å²) in [4.78, 5) is 23.6. The van der Waals surface area contributed by atoms with Crippen molar-refractivity contribution in [3.8, 4) is 6.07 Å². The van der Waals surface area contributed by atoms with Crippen molar-refractivity contribution >= 4 is 12.0 Å². The standard InChI is InChI=1S/C11H19NO3.C9H13F2N3O/c1-10(2)3-4-11(15-10)5-7-12(8-6-11)9(13)14;1-8(10,11)4-6(13)7(15)14-9(5-12)2-3-9/h3-8H2,1-2H3,(H,13,14);6H,2-4,13H2,1H3,(H,14,15)/t;6-/m.0/s1. The molecule has 0 radical (unpaired) electrons. The van der Waals surface area contributed by atoms with Crippen molar-refractivity contribution in [2.75, 3.05) is 13.1 Å². The highest BCUT2D eigenvalue weighted by Gasteiger charge is 2.47. The van der Waals surface area contributed by atoms with E-state index in [1.54, 1.807) is 0 Å². The van der Waals surface area contributed by atoms with Crippen LogP contribution in [0, 0.1) is 11.3 Å². The molecular formula is C20H32F2N4O4. The third-order valence-corrected chi connectivity index (χ3v) is 5.86. The molecule has 3 rings (SSSR count). The first kappa shape index (κ1) is 24.3. The van der Waals surface area contributed by atoms with E-state index in [1.165, 1.54) is 4.90 Å². The van der Waals surface area contributed by atoms with Gasteiger partial charge in [0, 0.05) is 19.5 Å². The highest BCUT2D eigenvalue weighted by atomic mass is 19.3. The molecule has 0 bridgehead atoms. The lowest BCUT2D eigenvalue weighted by Gasteiger charge is -2.39. The number of nitrogens with two attached hydrogens (primary N) is 1. The number of hydrogen-bond acceptors (Lipinski definition) is 5. The zero-order chi connectivity index (χ0) is 22.8. The minimum atomic E-state index is -2.97. The Hall–Kier alpha value is -1.99. The molecule has 4 N–H and O–H groups in total. The van der Waals surface area contributed by atoms with Crippen LogP contribution in [0.3, 0.4) is 0 Å². The molecule has 8 nitrogen and oxygen atoms in total. The number of nitriles is 1. The predicted molar refractivity (Wildman–Crippen MR) is 105 cm³/mol. The zero-order valence-corrected chi connectivity index (χ0v) is 17.8. The molecule has 0 unspecified atom stereocenters. The van der Waals surface area contributed by atoms with Gasteiger partial charge in [0.15, 0.2) is 0 Å². The van der Waals surface area contributed by atoms with Crippen molar-refractivity contribution in [1.82, 2.24) is 10.2 Å². The second-order valence-corrected chi connectivity index (χ2v) is 9.38. The number of nitrogens with zero attached hydrogens (tertiary/aromatic N) is 2. The maximum absolute atomic E-state index is 12.5. The fourth-order valence-corrected chi connectivity index (χ4v) is 3.87. The van der Waals surface area contributed by atoms with E-state index in [0.717, 1.165) is 25.7 Å². The summed E-state index contributed by atoms with van der Waals surface area (Å²) in [5.74, 6) is -3.66. The lowest BCUT2D eigenvalue weighted by atomic mass is 9.88. The van der Waals surface area contributed by atoms with Crippen LogP contribution in [0.4, 0.5) is 13.6 Å². The molecule has 2 saturated heterocycles. The number of alkyl halides is 2. The highest BCUT2D eigenvalue weighted by molar-refractivity contribution is 5.83. The maximum atomic E-state index is 12.5. The van der Waals surface area contributed by atoms with Gasteiger partial charge in [0.05, 0.1) is 23.3 Å². The number of ether oxygens (including phenoxy) is 1. The summed E-state index contributed by atoms with van der Waals surface area (Å²) in [7, 11) is 0. The van der Waals surface area contributed by atoms with E-state index in [0.29, 0.717) is 32.9 Å². The summed E-state index contributed by atoms with van der Waals surface area (Å²) in [6, 6.07) is 0.658. The molecule has 10 heteroatoms. The van der Waals surface area contributed by atoms with Crippen molar-refractivity contribution < 1.29 is 28.2 Å². The summed E-state index contributed by atoms with van der Waals surface area (Å²) >= 11 is 0. The number of carboxylic acid groups (broad SMARTS) is 1. The number of halogens is 2. The van der Waals surface area contributed by atoms with E-state index in [9.17, 15) is 18.4 Å². The molecule has 2 aliphatic heterocycles. The topological polar surface area (TPSA) is 129 Å². The van der Waals surface area contributed by atoms with Crippen LogP contribution in [0.25, 0.3) is 0 Å². The molecule has 2 amide bonds. The number of rotatable bonds is 4. The van der Waals surface area contributed by atoms with Crippen LogP contribution in [-0.2, 0) is 9.53 Å². The van der Waals surface area contributed by atoms with Gasteiger partial charge in [-0.05, 0) is 59.3 Å². The summed E-state index contributed by atoms with van der Waals surface area (Å²) in [6.07, 6.45) is 3.47. The lowest BCUT2D eigenvalue weighted by molar-refractivity contribution is -0.125. The van der Waals surface area contributed by atoms with Crippen LogP contribution in [0.5, 0.6) is 0 Å². The Morgan fingerprint density at radius 2 is 1.80 bits per heavy atom. The molecule has 0 aromatic rings. The second kappa shape index (κ2) is 8.63. The molecule has 1 spiro atoms. The molecule has 1 atom stereocenters. The van der Waals surface area contributed by atoms with Crippen LogP contribution in [0.2, 0.25) is 0 Å². The third kappa shape index (κ3) is 6.77. The van der Waals surface area contributed by atoms with Crippen LogP contribution in [0.15, 0.2) is 0 Å². The monoisotopic (exact) mass is 430 g/mol. The van der Waals surface area contributed by atoms with Crippen molar-refractivity contribution in [2.24, 2.45) is 5.73 Å². The average Bonchev–Trinajstić information content (AvgIpc) is 3.33. The van der Waals surface area contributed by atoms with Gasteiger partial charge in [0.2, 0.25) is 11.8 Å². The van der Waals surface area contributed by atoms with Crippen LogP contribution < -0.4 is 11.1 Å². The number of nitrogens with one attached hydrogen (secondary N) is 1. The molecule has 1 saturated carbocycles. The fraction of sp³-hybridized carbons (Fsp3) is 0.850. The quantitative estimate of drug-likeness (QED) is 0.629. The number of piperidine rings is 1. The van der Waals surface area contributed by atoms with Gasteiger partial charge >= 0.3 is 6.09 Å². The molecule has 170 valence electrons. The molecule has 0 aromatic heterocycles. The largest absolute Gasteiger partial charge is 0.465 e. The summed E-state index contributed by atoms with van der Waals surface area (Å²) in [5.41, 5.74) is 4.39. The highest BCUT2D eigenvalue weighted by Crippen LogP contribution is 2.43. The van der Waals surface area contributed by atoms with E-state index in [1.807, 2.05) is 6.07 Å². The van der Waals surface area contributed by atoms with Crippen molar-refractivity contribution in [3.63, 3.8) is 0 Å². The Morgan fingerprint density at radius 1 is 1.23 bits per heavy atom. The Kier molecular flexibility index (Phi) is 6.99. The number of hydrogen-bond donors (Lipinski definition) is 3. The Morgan fingerprint density at radius 3 is 2.17 bits per heavy atom. The van der Waals surface area contributed by atoms with Gasteiger partial charge in [-0.15, -0.1) is 0 Å². The van der Waals surface area contributed by atoms with Crippen LogP contribution in [0.1, 0.15) is 65.7 Å². The second-order valence-electron chi connectivity index (χ2n) is 9.38. The maximum Gasteiger partial charge on any atom is 0.407 e. The van der Waals surface area contributed by atoms with Crippen molar-refractivity contribution in [2.45, 2.75) is 94.4 Å². The molecule has 3 aliphatic rings. The first-order valence-corrected chi connectivity index (χ1v) is 10.3. The minimum absolute atomic E-state index is 0.0224. The molecule has 1 aliphatic carbocycles. The normalized spacial score (nSPS) is 24.2. The van der Waals surface area contributed by atoms with E-state index in [2.05, 4.69) is 19.2 Å². The van der Waals surface area contributed by atoms with E-state index in [-0.39, 0.29) is 11.2 Å². The Balaban J connectivity index is 0.000000214. The molecule has 30 heavy (non-hydrogen) atoms. The predicted octanol–water partition coefficient (Wildman–Crippen LogP) is 2.62. The minimum Gasteiger partial charge on any atom is -0.465 e. The van der Waals surface area contributed by atoms with E-state index >= 15 is 0 Å². The number of carbonyl (C=O) groups is 2. The van der Waals surface area contributed by atoms with Gasteiger partial charge < -0.3 is 25.8 Å². The zero-order valence-electron chi connectivity index (χ0n) is 17.8. The van der Waals surface area contributed by atoms with Gasteiger partial charge in [-0.2, -0.15) is 5.26 Å². The summed E-state index contributed by atoms with van der Waals surface area (Å²) in [6.45, 7) is 6.17. The molecule has 0 aromatic carbocycles. The smallest absolute Gasteiger partial charge is 0.407 e. The first-order chi connectivity index (χ1) is 13.7. The molecule has 3 fully saturated rings. The third-order valence-electron chi connectivity index (χ3n) is 5.86. The van der Waals surface area contributed by atoms with Crippen molar-refractivity contribution in [1.29, 1.82) is 5.26 Å². The number of amides is 2. The summed E-state index contributed by atoms with van der Waals surface area (Å²) in [5, 5.41) is 19.9. The van der Waals surface area contributed by atoms with E-state index in [4.69, 9.17) is 20.8 Å². The van der Waals surface area contributed by atoms with Crippen LogP contribution >= 0.6 is 0 Å². The SMILES string of the molecule is CC(F)(F)C[C@H](N)C(=O)NC1(C#N)CC1.CC1(C)CCC2(CCN(C(=O)O)CC2)O1. The van der Waals surface area contributed by atoms with Gasteiger partial charge in [-0.3, -0.25) is 4.79 Å². The number of likely N-dealkylation sites (tertiary alicyclic amines) is 1. The Labute approximate surface area is 175 Å². The van der Waals surface area contributed by atoms with Gasteiger partial charge in [-0.1, -0.05) is 0 Å². The van der Waals surface area contributed by atoms with Gasteiger partial charge in [-0.25, -0.2) is 13.6 Å². The van der Waals surface area contributed by atoms with Gasteiger partial charge in [0.1, 0.15) is 5.54 Å². The number of carbonyl (C=O) groups excluding carboxylic acids is 1. The van der Waals surface area contributed by atoms with Crippen LogP contribution in [-0.4, -0.2) is 63.8 Å². The average molecular weight is 430 g/mol. The first-order valence-electron chi connectivity index (χ1n) is 10.3. The molecular weight excluding hydrogens is 398 g/mol. The fourth-order valence-electron chi connectivity index (χ4n) is 3.87. The van der Waals surface area contributed by atoms with Crippen molar-refractivity contribution in [3.05, 3.63) is 0 Å². The summed E-state index contributed by atoms with van der Waals surface area (Å²) < 4.78 is 31.2. The van der Waals surface area contributed by atoms with Gasteiger partial charge in [0.25, 0.3) is 0 Å².